The maximum Gasteiger partial charge on any atom is 0.250 e. The summed E-state index contributed by atoms with van der Waals surface area (Å²) in [6.45, 7) is 5.47. The minimum Gasteiger partial charge on any atom is -0.497 e. The van der Waals surface area contributed by atoms with Crippen molar-refractivity contribution in [2.24, 2.45) is 0 Å². The fourth-order valence-electron chi connectivity index (χ4n) is 1.83. The van der Waals surface area contributed by atoms with E-state index < -0.39 is 15.6 Å². The molecule has 1 aromatic heterocycles. The molecular formula is C15H19NO3S2. The number of nitrogens with one attached hydrogen (secondary N) is 1. The number of thiophene rings is 1. The van der Waals surface area contributed by atoms with Gasteiger partial charge in [-0.15, -0.1) is 11.3 Å². The van der Waals surface area contributed by atoms with Crippen LogP contribution in [-0.4, -0.2) is 21.1 Å². The van der Waals surface area contributed by atoms with Crippen LogP contribution in [0.5, 0.6) is 5.75 Å². The zero-order valence-corrected chi connectivity index (χ0v) is 14.1. The van der Waals surface area contributed by atoms with E-state index >= 15 is 0 Å². The molecular weight excluding hydrogens is 306 g/mol. The highest BCUT2D eigenvalue weighted by atomic mass is 32.2. The molecule has 0 saturated heterocycles. The topological polar surface area (TPSA) is 55.4 Å². The van der Waals surface area contributed by atoms with Crippen molar-refractivity contribution in [1.29, 1.82) is 0 Å². The molecule has 0 unspecified atom stereocenters. The van der Waals surface area contributed by atoms with E-state index in [2.05, 4.69) is 4.72 Å². The molecule has 0 atom stereocenters. The van der Waals surface area contributed by atoms with Crippen LogP contribution in [0.2, 0.25) is 0 Å². The highest BCUT2D eigenvalue weighted by molar-refractivity contribution is 7.91. The number of hydrogen-bond acceptors (Lipinski definition) is 4. The SMILES string of the molecule is COc1ccc(-c2ccc(S(=O)(=O)NC(C)(C)C)s2)cc1. The first-order chi connectivity index (χ1) is 9.71. The highest BCUT2D eigenvalue weighted by Gasteiger charge is 2.23. The molecule has 2 aromatic rings. The molecule has 1 N–H and O–H groups in total. The van der Waals surface area contributed by atoms with Gasteiger partial charge < -0.3 is 4.74 Å². The van der Waals surface area contributed by atoms with Gasteiger partial charge in [0.1, 0.15) is 9.96 Å². The third-order valence-corrected chi connectivity index (χ3v) is 6.05. The number of ether oxygens (including phenoxy) is 1. The zero-order chi connectivity index (χ0) is 15.7. The predicted molar refractivity (Wildman–Crippen MR) is 86.4 cm³/mol. The summed E-state index contributed by atoms with van der Waals surface area (Å²) in [6, 6.07) is 11.0. The standard InChI is InChI=1S/C15H19NO3S2/c1-15(2,3)16-21(17,18)14-10-9-13(20-14)11-5-7-12(19-4)8-6-11/h5-10,16H,1-4H3. The minimum atomic E-state index is -3.47. The van der Waals surface area contributed by atoms with Crippen molar-refractivity contribution in [1.82, 2.24) is 4.72 Å². The summed E-state index contributed by atoms with van der Waals surface area (Å²) in [4.78, 5) is 0.909. The van der Waals surface area contributed by atoms with E-state index in [0.29, 0.717) is 4.21 Å². The molecule has 0 fully saturated rings. The van der Waals surface area contributed by atoms with Gasteiger partial charge in [-0.3, -0.25) is 0 Å². The summed E-state index contributed by atoms with van der Waals surface area (Å²) >= 11 is 1.26. The minimum absolute atomic E-state index is 0.322. The van der Waals surface area contributed by atoms with Crippen molar-refractivity contribution in [3.05, 3.63) is 36.4 Å². The van der Waals surface area contributed by atoms with Crippen LogP contribution >= 0.6 is 11.3 Å². The van der Waals surface area contributed by atoms with Gasteiger partial charge in [0.15, 0.2) is 0 Å². The van der Waals surface area contributed by atoms with Gasteiger partial charge in [-0.2, -0.15) is 0 Å². The molecule has 114 valence electrons. The maximum atomic E-state index is 12.3. The Kier molecular flexibility index (Phi) is 4.41. The lowest BCUT2D eigenvalue weighted by atomic mass is 10.1. The first-order valence-corrected chi connectivity index (χ1v) is 8.79. The van der Waals surface area contributed by atoms with Crippen LogP contribution in [0, 0.1) is 0 Å². The molecule has 4 nitrogen and oxygen atoms in total. The average molecular weight is 325 g/mol. The summed E-state index contributed by atoms with van der Waals surface area (Å²) in [6.07, 6.45) is 0. The summed E-state index contributed by atoms with van der Waals surface area (Å²) in [7, 11) is -1.86. The Labute approximate surface area is 129 Å². The van der Waals surface area contributed by atoms with E-state index in [9.17, 15) is 8.42 Å². The lowest BCUT2D eigenvalue weighted by Crippen LogP contribution is -2.40. The van der Waals surface area contributed by atoms with E-state index in [1.807, 2.05) is 51.1 Å². The Morgan fingerprint density at radius 1 is 1.05 bits per heavy atom. The van der Waals surface area contributed by atoms with E-state index in [1.165, 1.54) is 11.3 Å². The molecule has 0 aliphatic carbocycles. The number of rotatable bonds is 4. The fourth-order valence-corrected chi connectivity index (χ4v) is 4.56. The van der Waals surface area contributed by atoms with Crippen molar-refractivity contribution >= 4 is 21.4 Å². The van der Waals surface area contributed by atoms with Crippen LogP contribution in [0.1, 0.15) is 20.8 Å². The van der Waals surface area contributed by atoms with E-state index in [4.69, 9.17) is 4.74 Å². The second kappa shape index (κ2) is 5.79. The monoisotopic (exact) mass is 325 g/mol. The van der Waals surface area contributed by atoms with Crippen LogP contribution in [-0.2, 0) is 10.0 Å². The van der Waals surface area contributed by atoms with Crippen molar-refractivity contribution in [3.8, 4) is 16.2 Å². The van der Waals surface area contributed by atoms with Crippen molar-refractivity contribution in [2.45, 2.75) is 30.5 Å². The molecule has 0 bridgehead atoms. The molecule has 0 saturated carbocycles. The smallest absolute Gasteiger partial charge is 0.250 e. The Morgan fingerprint density at radius 2 is 1.67 bits per heavy atom. The predicted octanol–water partition coefficient (Wildman–Crippen LogP) is 3.50. The highest BCUT2D eigenvalue weighted by Crippen LogP contribution is 2.32. The molecule has 0 radical (unpaired) electrons. The molecule has 2 rings (SSSR count). The second-order valence-electron chi connectivity index (χ2n) is 5.70. The van der Waals surface area contributed by atoms with Crippen LogP contribution in [0.4, 0.5) is 0 Å². The van der Waals surface area contributed by atoms with Crippen molar-refractivity contribution in [2.75, 3.05) is 7.11 Å². The molecule has 6 heteroatoms. The molecule has 1 aromatic carbocycles. The molecule has 0 spiro atoms. The van der Waals surface area contributed by atoms with Gasteiger partial charge in [-0.1, -0.05) is 0 Å². The molecule has 0 aliphatic rings. The average Bonchev–Trinajstić information content (AvgIpc) is 2.86. The Hall–Kier alpha value is -1.37. The summed E-state index contributed by atoms with van der Waals surface area (Å²) in [5.74, 6) is 0.776. The van der Waals surface area contributed by atoms with E-state index in [0.717, 1.165) is 16.2 Å². The third kappa shape index (κ3) is 4.06. The molecule has 21 heavy (non-hydrogen) atoms. The number of methoxy groups -OCH3 is 1. The van der Waals surface area contributed by atoms with Crippen LogP contribution < -0.4 is 9.46 Å². The Morgan fingerprint density at radius 3 is 2.19 bits per heavy atom. The molecule has 0 aliphatic heterocycles. The van der Waals surface area contributed by atoms with Crippen LogP contribution in [0.15, 0.2) is 40.6 Å². The number of hydrogen-bond donors (Lipinski definition) is 1. The van der Waals surface area contributed by atoms with Gasteiger partial charge in [-0.25, -0.2) is 13.1 Å². The summed E-state index contributed by atoms with van der Waals surface area (Å²) in [5.41, 5.74) is 0.473. The molecule has 1 heterocycles. The van der Waals surface area contributed by atoms with E-state index in [1.54, 1.807) is 13.2 Å². The second-order valence-corrected chi connectivity index (χ2v) is 8.70. The van der Waals surface area contributed by atoms with Crippen LogP contribution in [0.25, 0.3) is 10.4 Å². The van der Waals surface area contributed by atoms with Gasteiger partial charge in [0, 0.05) is 10.4 Å². The lowest BCUT2D eigenvalue weighted by Gasteiger charge is -2.19. The zero-order valence-electron chi connectivity index (χ0n) is 12.5. The van der Waals surface area contributed by atoms with Crippen molar-refractivity contribution < 1.29 is 13.2 Å². The quantitative estimate of drug-likeness (QED) is 0.936. The van der Waals surface area contributed by atoms with Gasteiger partial charge in [0.25, 0.3) is 10.0 Å². The Balaban J connectivity index is 2.29. The first-order valence-electron chi connectivity index (χ1n) is 6.49. The third-order valence-electron chi connectivity index (χ3n) is 2.66. The van der Waals surface area contributed by atoms with Gasteiger partial charge in [0.2, 0.25) is 0 Å². The van der Waals surface area contributed by atoms with Crippen molar-refractivity contribution in [3.63, 3.8) is 0 Å². The number of sulfonamides is 1. The fraction of sp³-hybridized carbons (Fsp3) is 0.333. The normalized spacial score (nSPS) is 12.4. The van der Waals surface area contributed by atoms with E-state index in [-0.39, 0.29) is 0 Å². The number of benzene rings is 1. The Bertz CT molecular complexity index is 710. The summed E-state index contributed by atoms with van der Waals surface area (Å²) < 4.78 is 32.6. The molecule has 0 amide bonds. The largest absolute Gasteiger partial charge is 0.497 e. The van der Waals surface area contributed by atoms with Gasteiger partial charge in [0.05, 0.1) is 7.11 Å². The summed E-state index contributed by atoms with van der Waals surface area (Å²) in [5, 5.41) is 0. The lowest BCUT2D eigenvalue weighted by molar-refractivity contribution is 0.415. The van der Waals surface area contributed by atoms with Gasteiger partial charge in [-0.05, 0) is 62.7 Å². The van der Waals surface area contributed by atoms with Gasteiger partial charge >= 0.3 is 0 Å². The van der Waals surface area contributed by atoms with Crippen LogP contribution in [0.3, 0.4) is 0 Å². The maximum absolute atomic E-state index is 12.3. The first kappa shape index (κ1) is 16.0.